The van der Waals surface area contributed by atoms with Crippen LogP contribution in [0.1, 0.15) is 30.1 Å². The van der Waals surface area contributed by atoms with Crippen molar-refractivity contribution in [1.29, 1.82) is 0 Å². The van der Waals surface area contributed by atoms with Gasteiger partial charge in [-0.2, -0.15) is 0 Å². The van der Waals surface area contributed by atoms with Crippen molar-refractivity contribution < 1.29 is 4.79 Å². The lowest BCUT2D eigenvalue weighted by Crippen LogP contribution is -2.39. The number of likely N-dealkylation sites (tertiary alicyclic amines) is 1. The maximum Gasteiger partial charge on any atom is 0.253 e. The highest BCUT2D eigenvalue weighted by molar-refractivity contribution is 5.97. The summed E-state index contributed by atoms with van der Waals surface area (Å²) in [5, 5.41) is 0. The molecule has 19 heavy (non-hydrogen) atoms. The fourth-order valence-electron chi connectivity index (χ4n) is 2.83. The molecule has 1 fully saturated rings. The molecule has 0 N–H and O–H groups in total. The molecule has 1 atom stereocenters. The number of nitrogens with zero attached hydrogens (tertiary/aromatic N) is 3. The Morgan fingerprint density at radius 1 is 1.42 bits per heavy atom. The number of carbonyl (C=O) groups excluding carboxylic acids is 1. The molecule has 1 saturated heterocycles. The molecule has 1 amide bonds. The molecular weight excluding hydrogens is 238 g/mol. The average molecular weight is 257 g/mol. The van der Waals surface area contributed by atoms with E-state index >= 15 is 0 Å². The third kappa shape index (κ3) is 2.23. The van der Waals surface area contributed by atoms with Gasteiger partial charge in [-0.1, -0.05) is 6.92 Å². The number of piperidine rings is 1. The monoisotopic (exact) mass is 257 g/mol. The topological polar surface area (TPSA) is 38.1 Å². The Balaban J connectivity index is 1.88. The smallest absolute Gasteiger partial charge is 0.253 e. The average Bonchev–Trinajstić information content (AvgIpc) is 2.79. The molecule has 2 aromatic rings. The highest BCUT2D eigenvalue weighted by Crippen LogP contribution is 2.20. The highest BCUT2D eigenvalue weighted by atomic mass is 16.2. The number of hydrogen-bond donors (Lipinski definition) is 0. The van der Waals surface area contributed by atoms with E-state index < -0.39 is 0 Å². The molecule has 1 unspecified atom stereocenters. The maximum absolute atomic E-state index is 12.5. The molecule has 1 aliphatic rings. The third-order valence-corrected chi connectivity index (χ3v) is 3.92. The van der Waals surface area contributed by atoms with Crippen LogP contribution in [0.15, 0.2) is 24.5 Å². The fraction of sp³-hybridized carbons (Fsp3) is 0.467. The Kier molecular flexibility index (Phi) is 3.01. The largest absolute Gasteiger partial charge is 0.338 e. The number of benzene rings is 1. The summed E-state index contributed by atoms with van der Waals surface area (Å²) in [5.74, 6) is 0.746. The van der Waals surface area contributed by atoms with Crippen LogP contribution in [0.3, 0.4) is 0 Å². The van der Waals surface area contributed by atoms with Crippen molar-refractivity contribution in [1.82, 2.24) is 14.5 Å². The number of aromatic nitrogens is 2. The van der Waals surface area contributed by atoms with Gasteiger partial charge >= 0.3 is 0 Å². The normalized spacial score (nSPS) is 19.9. The van der Waals surface area contributed by atoms with Crippen molar-refractivity contribution in [3.05, 3.63) is 30.1 Å². The molecule has 0 spiro atoms. The number of fused-ring (bicyclic) bond motifs is 1. The van der Waals surface area contributed by atoms with Crippen molar-refractivity contribution in [2.75, 3.05) is 13.1 Å². The van der Waals surface area contributed by atoms with E-state index in [9.17, 15) is 4.79 Å². The molecule has 0 bridgehead atoms. The van der Waals surface area contributed by atoms with E-state index in [1.807, 2.05) is 34.7 Å². The molecule has 100 valence electrons. The second-order valence-electron chi connectivity index (χ2n) is 5.56. The van der Waals surface area contributed by atoms with Gasteiger partial charge in [-0.25, -0.2) is 4.98 Å². The van der Waals surface area contributed by atoms with Gasteiger partial charge in [0, 0.05) is 25.7 Å². The zero-order valence-corrected chi connectivity index (χ0v) is 11.5. The van der Waals surface area contributed by atoms with Gasteiger partial charge in [0.15, 0.2) is 0 Å². The minimum Gasteiger partial charge on any atom is -0.338 e. The van der Waals surface area contributed by atoms with Crippen molar-refractivity contribution >= 4 is 16.9 Å². The Labute approximate surface area is 113 Å². The van der Waals surface area contributed by atoms with Crippen molar-refractivity contribution in [2.24, 2.45) is 13.0 Å². The number of rotatable bonds is 1. The van der Waals surface area contributed by atoms with Gasteiger partial charge in [0.05, 0.1) is 17.4 Å². The van der Waals surface area contributed by atoms with E-state index in [4.69, 9.17) is 0 Å². The summed E-state index contributed by atoms with van der Waals surface area (Å²) in [5.41, 5.74) is 2.70. The summed E-state index contributed by atoms with van der Waals surface area (Å²) in [6, 6.07) is 5.78. The second kappa shape index (κ2) is 4.68. The number of amides is 1. The summed E-state index contributed by atoms with van der Waals surface area (Å²) in [7, 11) is 1.96. The number of aryl methyl sites for hydroxylation is 1. The predicted octanol–water partition coefficient (Wildman–Crippen LogP) is 2.45. The Morgan fingerprint density at radius 2 is 2.26 bits per heavy atom. The minimum atomic E-state index is 0.138. The van der Waals surface area contributed by atoms with Crippen LogP contribution in [0.25, 0.3) is 11.0 Å². The van der Waals surface area contributed by atoms with Crippen LogP contribution < -0.4 is 0 Å². The third-order valence-electron chi connectivity index (χ3n) is 3.92. The van der Waals surface area contributed by atoms with Gasteiger partial charge in [0.1, 0.15) is 0 Å². The summed E-state index contributed by atoms with van der Waals surface area (Å²) >= 11 is 0. The Bertz CT molecular complexity index is 617. The van der Waals surface area contributed by atoms with Crippen LogP contribution >= 0.6 is 0 Å². The van der Waals surface area contributed by atoms with Gasteiger partial charge < -0.3 is 9.47 Å². The molecule has 4 heteroatoms. The molecule has 0 radical (unpaired) electrons. The van der Waals surface area contributed by atoms with Gasteiger partial charge in [-0.3, -0.25) is 4.79 Å². The van der Waals surface area contributed by atoms with E-state index in [-0.39, 0.29) is 5.91 Å². The lowest BCUT2D eigenvalue weighted by molar-refractivity contribution is 0.0683. The standard InChI is InChI=1S/C15H19N3O/c1-11-4-3-7-18(9-11)15(19)12-5-6-14-13(8-12)16-10-17(14)2/h5-6,8,10-11H,3-4,7,9H2,1-2H3. The van der Waals surface area contributed by atoms with E-state index in [0.717, 1.165) is 36.1 Å². The molecule has 0 saturated carbocycles. The van der Waals surface area contributed by atoms with Gasteiger partial charge in [0.2, 0.25) is 0 Å². The Morgan fingerprint density at radius 3 is 3.05 bits per heavy atom. The molecule has 2 heterocycles. The molecule has 1 aromatic heterocycles. The molecule has 1 aromatic carbocycles. The summed E-state index contributed by atoms with van der Waals surface area (Å²) in [6.45, 7) is 3.96. The fourth-order valence-corrected chi connectivity index (χ4v) is 2.83. The van der Waals surface area contributed by atoms with Crippen LogP contribution in [-0.4, -0.2) is 33.4 Å². The Hall–Kier alpha value is -1.84. The van der Waals surface area contributed by atoms with Crippen molar-refractivity contribution in [2.45, 2.75) is 19.8 Å². The quantitative estimate of drug-likeness (QED) is 0.787. The minimum absolute atomic E-state index is 0.138. The van der Waals surface area contributed by atoms with Crippen molar-refractivity contribution in [3.8, 4) is 0 Å². The molecule has 4 nitrogen and oxygen atoms in total. The van der Waals surface area contributed by atoms with Crippen LogP contribution in [0.4, 0.5) is 0 Å². The maximum atomic E-state index is 12.5. The SMILES string of the molecule is CC1CCCN(C(=O)c2ccc3c(c2)ncn3C)C1. The van der Waals surface area contributed by atoms with Gasteiger partial charge in [0.25, 0.3) is 5.91 Å². The van der Waals surface area contributed by atoms with Crippen LogP contribution in [0.2, 0.25) is 0 Å². The van der Waals surface area contributed by atoms with Crippen molar-refractivity contribution in [3.63, 3.8) is 0 Å². The number of hydrogen-bond acceptors (Lipinski definition) is 2. The van der Waals surface area contributed by atoms with Crippen LogP contribution in [0, 0.1) is 5.92 Å². The van der Waals surface area contributed by atoms with Gasteiger partial charge in [-0.15, -0.1) is 0 Å². The number of imidazole rings is 1. The van der Waals surface area contributed by atoms with E-state index in [1.165, 1.54) is 6.42 Å². The van der Waals surface area contributed by atoms with E-state index in [2.05, 4.69) is 11.9 Å². The lowest BCUT2D eigenvalue weighted by Gasteiger charge is -2.31. The molecule has 3 rings (SSSR count). The van der Waals surface area contributed by atoms with Crippen LogP contribution in [-0.2, 0) is 7.05 Å². The van der Waals surface area contributed by atoms with E-state index in [0.29, 0.717) is 5.92 Å². The summed E-state index contributed by atoms with van der Waals surface area (Å²) in [6.07, 6.45) is 4.11. The zero-order chi connectivity index (χ0) is 13.4. The first-order chi connectivity index (χ1) is 9.15. The first-order valence-corrected chi connectivity index (χ1v) is 6.85. The first-order valence-electron chi connectivity index (χ1n) is 6.85. The van der Waals surface area contributed by atoms with E-state index in [1.54, 1.807) is 6.33 Å². The lowest BCUT2D eigenvalue weighted by atomic mass is 9.99. The summed E-state index contributed by atoms with van der Waals surface area (Å²) < 4.78 is 1.96. The second-order valence-corrected chi connectivity index (χ2v) is 5.56. The van der Waals surface area contributed by atoms with Crippen LogP contribution in [0.5, 0.6) is 0 Å². The molecule has 1 aliphatic heterocycles. The first kappa shape index (κ1) is 12.2. The summed E-state index contributed by atoms with van der Waals surface area (Å²) in [4.78, 5) is 18.8. The predicted molar refractivity (Wildman–Crippen MR) is 75.0 cm³/mol. The zero-order valence-electron chi connectivity index (χ0n) is 11.5. The molecular formula is C15H19N3O. The van der Waals surface area contributed by atoms with Gasteiger partial charge in [-0.05, 0) is 37.0 Å². The molecule has 0 aliphatic carbocycles. The highest BCUT2D eigenvalue weighted by Gasteiger charge is 2.22. The number of carbonyl (C=O) groups is 1.